The number of aromatic nitrogens is 2. The minimum Gasteiger partial charge on any atom is -0.508 e. The number of carbonyl (C=O) groups is 2. The highest BCUT2D eigenvalue weighted by Gasteiger charge is 2.22. The lowest BCUT2D eigenvalue weighted by Crippen LogP contribution is -2.21. The first-order chi connectivity index (χ1) is 11.1. The van der Waals surface area contributed by atoms with Crippen LogP contribution < -0.4 is 0 Å². The molecule has 0 aliphatic heterocycles. The molecule has 0 atom stereocenters. The van der Waals surface area contributed by atoms with Crippen LogP contribution in [0, 0.1) is 0 Å². The summed E-state index contributed by atoms with van der Waals surface area (Å²) in [6, 6.07) is 3.40. The number of pyridine rings is 1. The van der Waals surface area contributed by atoms with Crippen LogP contribution >= 0.6 is 0 Å². The maximum absolute atomic E-state index is 11.5. The zero-order valence-electron chi connectivity index (χ0n) is 14.7. The number of benzene rings is 1. The molecule has 0 aromatic carbocycles. The molecule has 0 radical (unpaired) electrons. The summed E-state index contributed by atoms with van der Waals surface area (Å²) in [7, 11) is 3.50. The molecule has 4 heterocycles. The van der Waals surface area contributed by atoms with E-state index in [1.54, 1.807) is 31.1 Å². The number of amides is 1. The van der Waals surface area contributed by atoms with Crippen LogP contribution in [0.25, 0.3) is 16.4 Å². The van der Waals surface area contributed by atoms with Crippen LogP contribution in [-0.2, 0) is 20.7 Å². The molecule has 24 heavy (non-hydrogen) atoms. The van der Waals surface area contributed by atoms with Crippen LogP contribution in [0.5, 0.6) is 5.75 Å². The van der Waals surface area contributed by atoms with Gasteiger partial charge >= 0.3 is 0 Å². The summed E-state index contributed by atoms with van der Waals surface area (Å²) in [6.07, 6.45) is 1.12. The van der Waals surface area contributed by atoms with E-state index < -0.39 is 0 Å². The van der Waals surface area contributed by atoms with Crippen LogP contribution in [0.2, 0.25) is 0 Å². The maximum Gasteiger partial charge on any atom is 0.293 e. The molecule has 0 saturated heterocycles. The topological polar surface area (TPSA) is 84.1 Å². The molecule has 1 amide bonds. The van der Waals surface area contributed by atoms with Gasteiger partial charge in [0.25, 0.3) is 6.47 Å². The average molecular weight is 333 g/mol. The Morgan fingerprint density at radius 1 is 1.33 bits per heavy atom. The van der Waals surface area contributed by atoms with E-state index in [2.05, 4.69) is 9.84 Å². The Balaban J connectivity index is 0.000000256. The smallest absolute Gasteiger partial charge is 0.293 e. The summed E-state index contributed by atoms with van der Waals surface area (Å²) in [5, 5.41) is 14.8. The van der Waals surface area contributed by atoms with Crippen molar-refractivity contribution in [2.75, 3.05) is 14.1 Å². The Hall–Kier alpha value is -2.57. The summed E-state index contributed by atoms with van der Waals surface area (Å²) in [5.41, 5.74) is 2.53. The molecular formula is C17H23N3O4. The molecule has 4 bridgehead atoms. The first-order valence-electron chi connectivity index (χ1n) is 7.70. The van der Waals surface area contributed by atoms with Crippen molar-refractivity contribution >= 4 is 28.8 Å². The highest BCUT2D eigenvalue weighted by molar-refractivity contribution is 6.05. The number of nitrogens with zero attached hydrogens (tertiary/aromatic N) is 3. The first kappa shape index (κ1) is 17.8. The monoisotopic (exact) mass is 333 g/mol. The van der Waals surface area contributed by atoms with Gasteiger partial charge in [0.2, 0.25) is 5.91 Å². The van der Waals surface area contributed by atoms with Crippen molar-refractivity contribution in [3.05, 3.63) is 17.8 Å². The van der Waals surface area contributed by atoms with E-state index in [4.69, 9.17) is 0 Å². The minimum absolute atomic E-state index is 0.106. The first-order valence-corrected chi connectivity index (χ1v) is 7.70. The Kier molecular flexibility index (Phi) is 4.82. The molecule has 0 unspecified atom stereocenters. The Labute approximate surface area is 140 Å². The quantitative estimate of drug-likeness (QED) is 0.739. The fourth-order valence-corrected chi connectivity index (χ4v) is 2.35. The molecule has 1 N–H and O–H groups in total. The van der Waals surface area contributed by atoms with Crippen LogP contribution in [0.1, 0.15) is 32.9 Å². The highest BCUT2D eigenvalue weighted by atomic mass is 16.5. The summed E-state index contributed by atoms with van der Waals surface area (Å²) in [6.45, 7) is 5.92. The number of aromatic hydroxyl groups is 1. The summed E-state index contributed by atoms with van der Waals surface area (Å²) in [4.78, 5) is 22.7. The molecule has 4 aromatic rings. The van der Waals surface area contributed by atoms with Gasteiger partial charge in [0.05, 0.1) is 16.7 Å². The summed E-state index contributed by atoms with van der Waals surface area (Å²) >= 11 is 0. The molecule has 0 aliphatic carbocycles. The number of hydrogen-bond donors (Lipinski definition) is 1. The SMILES string of the molecule is CC(C)(C)OC=O.CN(C)C(=O)CCc1nn2c3cc(O)cc2c13. The normalized spacial score (nSPS) is 11.5. The summed E-state index contributed by atoms with van der Waals surface area (Å²) < 4.78 is 6.36. The number of hydrogen-bond acceptors (Lipinski definition) is 5. The van der Waals surface area contributed by atoms with Crippen molar-refractivity contribution < 1.29 is 19.4 Å². The van der Waals surface area contributed by atoms with Gasteiger partial charge in [-0.2, -0.15) is 5.10 Å². The van der Waals surface area contributed by atoms with Crippen molar-refractivity contribution in [3.63, 3.8) is 0 Å². The average Bonchev–Trinajstić information content (AvgIpc) is 3.01. The van der Waals surface area contributed by atoms with Gasteiger partial charge in [-0.15, -0.1) is 0 Å². The molecule has 7 heteroatoms. The number of aryl methyl sites for hydroxylation is 1. The van der Waals surface area contributed by atoms with Gasteiger partial charge in [0.15, 0.2) is 0 Å². The van der Waals surface area contributed by atoms with Crippen LogP contribution in [-0.4, -0.2) is 51.7 Å². The molecule has 4 rings (SSSR count). The number of phenols is 1. The third kappa shape index (κ3) is 3.67. The Bertz CT molecular complexity index is 784. The number of ether oxygens (including phenoxy) is 1. The van der Waals surface area contributed by atoms with Crippen molar-refractivity contribution in [1.29, 1.82) is 0 Å². The predicted molar refractivity (Wildman–Crippen MR) is 90.7 cm³/mol. The van der Waals surface area contributed by atoms with Crippen molar-refractivity contribution in [2.45, 2.75) is 39.2 Å². The second-order valence-electron chi connectivity index (χ2n) is 6.83. The van der Waals surface area contributed by atoms with Crippen molar-refractivity contribution in [2.24, 2.45) is 0 Å². The van der Waals surface area contributed by atoms with E-state index in [0.717, 1.165) is 22.1 Å². The van der Waals surface area contributed by atoms with Gasteiger partial charge in [-0.1, -0.05) is 0 Å². The molecule has 0 fully saturated rings. The van der Waals surface area contributed by atoms with Gasteiger partial charge in [0.1, 0.15) is 11.4 Å². The fourth-order valence-electron chi connectivity index (χ4n) is 2.35. The lowest BCUT2D eigenvalue weighted by Gasteiger charge is -2.14. The second kappa shape index (κ2) is 6.51. The number of carbonyl (C=O) groups excluding carboxylic acids is 2. The van der Waals surface area contributed by atoms with E-state index >= 15 is 0 Å². The van der Waals surface area contributed by atoms with Gasteiger partial charge in [-0.3, -0.25) is 9.59 Å². The Morgan fingerprint density at radius 2 is 1.92 bits per heavy atom. The lowest BCUT2D eigenvalue weighted by molar-refractivity contribution is -0.138. The molecular weight excluding hydrogens is 310 g/mol. The van der Waals surface area contributed by atoms with E-state index in [1.165, 1.54) is 0 Å². The molecule has 0 spiro atoms. The van der Waals surface area contributed by atoms with Crippen LogP contribution in [0.15, 0.2) is 12.1 Å². The largest absolute Gasteiger partial charge is 0.508 e. The van der Waals surface area contributed by atoms with Gasteiger partial charge < -0.3 is 14.7 Å². The van der Waals surface area contributed by atoms with Gasteiger partial charge in [0, 0.05) is 44.5 Å². The third-order valence-corrected chi connectivity index (χ3v) is 3.52. The molecule has 130 valence electrons. The number of phenolic OH excluding ortho intramolecular Hbond substituents is 1. The highest BCUT2D eigenvalue weighted by Crippen LogP contribution is 2.35. The van der Waals surface area contributed by atoms with Crippen molar-refractivity contribution in [1.82, 2.24) is 14.5 Å². The standard InChI is InChI=1S/C12H13N3O2.C5H10O2/c1-14(2)11(17)4-3-8-12-9-5-7(16)6-10(12)15(9)13-8;1-5(2,3)7-4-6/h5-6,16H,3-4H2,1-2H3;4H,1-3H3. The zero-order valence-corrected chi connectivity index (χ0v) is 14.7. The minimum atomic E-state index is -0.318. The number of rotatable bonds is 4. The molecule has 4 aromatic heterocycles. The van der Waals surface area contributed by atoms with E-state index in [0.29, 0.717) is 19.3 Å². The molecule has 0 aliphatic rings. The Morgan fingerprint density at radius 3 is 2.33 bits per heavy atom. The van der Waals surface area contributed by atoms with E-state index in [-0.39, 0.29) is 17.3 Å². The lowest BCUT2D eigenvalue weighted by atomic mass is 10.1. The van der Waals surface area contributed by atoms with Gasteiger partial charge in [-0.05, 0) is 20.8 Å². The zero-order chi connectivity index (χ0) is 18.1. The third-order valence-electron chi connectivity index (χ3n) is 3.52. The second-order valence-corrected chi connectivity index (χ2v) is 6.83. The molecule has 0 saturated carbocycles. The van der Waals surface area contributed by atoms with Crippen molar-refractivity contribution in [3.8, 4) is 5.75 Å². The fraction of sp³-hybridized carbons (Fsp3) is 0.471. The summed E-state index contributed by atoms with van der Waals surface area (Å²) in [5.74, 6) is 0.380. The van der Waals surface area contributed by atoms with E-state index in [1.807, 2.05) is 25.3 Å². The van der Waals surface area contributed by atoms with Crippen LogP contribution in [0.3, 0.4) is 0 Å². The predicted octanol–water partition coefficient (Wildman–Crippen LogP) is 2.05. The molecule has 7 nitrogen and oxygen atoms in total. The van der Waals surface area contributed by atoms with Gasteiger partial charge in [-0.25, -0.2) is 4.52 Å². The van der Waals surface area contributed by atoms with Crippen LogP contribution in [0.4, 0.5) is 0 Å². The maximum atomic E-state index is 11.5. The van der Waals surface area contributed by atoms with E-state index in [9.17, 15) is 14.7 Å². The number of fused-ring (bicyclic) bond motifs is 1.